The summed E-state index contributed by atoms with van der Waals surface area (Å²) in [7, 11) is 0. The van der Waals surface area contributed by atoms with Crippen molar-refractivity contribution in [1.29, 1.82) is 0 Å². The molecule has 1 heterocycles. The highest BCUT2D eigenvalue weighted by atomic mass is 35.5. The highest BCUT2D eigenvalue weighted by Crippen LogP contribution is 2.50. The van der Waals surface area contributed by atoms with Crippen LogP contribution in [0, 0.1) is 12.7 Å². The van der Waals surface area contributed by atoms with E-state index < -0.39 is 57.0 Å². The molecule has 0 radical (unpaired) electrons. The van der Waals surface area contributed by atoms with Gasteiger partial charge in [-0.1, -0.05) is 34.4 Å². The fraction of sp³-hybridized carbons (Fsp3) is 0.400. The average Bonchev–Trinajstić information content (AvgIpc) is 3.75. The van der Waals surface area contributed by atoms with Gasteiger partial charge < -0.3 is 14.9 Å². The van der Waals surface area contributed by atoms with Crippen LogP contribution in [0.25, 0.3) is 0 Å². The zero-order chi connectivity index (χ0) is 26.8. The van der Waals surface area contributed by atoms with Crippen LogP contribution in [0.4, 0.5) is 17.6 Å². The zero-order valence-electron chi connectivity index (χ0n) is 19.3. The highest BCUT2D eigenvalue weighted by molar-refractivity contribution is 6.35. The van der Waals surface area contributed by atoms with Crippen molar-refractivity contribution in [1.82, 2.24) is 5.32 Å². The summed E-state index contributed by atoms with van der Waals surface area (Å²) in [5.74, 6) is -1.97. The molecule has 2 fully saturated rings. The Bertz CT molecular complexity index is 1320. The van der Waals surface area contributed by atoms with Gasteiger partial charge in [-0.2, -0.15) is 13.2 Å². The van der Waals surface area contributed by atoms with Crippen LogP contribution in [0.3, 0.4) is 0 Å². The second-order valence-electron chi connectivity index (χ2n) is 9.56. The molecule has 1 unspecified atom stereocenters. The summed E-state index contributed by atoms with van der Waals surface area (Å²) in [6.07, 6.45) is -3.15. The van der Waals surface area contributed by atoms with Gasteiger partial charge >= 0.3 is 12.1 Å². The van der Waals surface area contributed by atoms with E-state index in [2.05, 4.69) is 10.5 Å². The summed E-state index contributed by atoms with van der Waals surface area (Å²) in [6.45, 7) is 1.62. The molecule has 6 nitrogen and oxygen atoms in total. The summed E-state index contributed by atoms with van der Waals surface area (Å²) < 4.78 is 61.9. The number of hydrogen-bond donors (Lipinski definition) is 1. The van der Waals surface area contributed by atoms with E-state index in [0.29, 0.717) is 24.0 Å². The van der Waals surface area contributed by atoms with Gasteiger partial charge in [-0.15, -0.1) is 0 Å². The van der Waals surface area contributed by atoms with Crippen molar-refractivity contribution < 1.29 is 36.7 Å². The average molecular weight is 559 g/mol. The Morgan fingerprint density at radius 3 is 2.32 bits per heavy atom. The molecule has 3 aliphatic rings. The third kappa shape index (κ3) is 4.65. The first-order chi connectivity index (χ1) is 17.3. The topological polar surface area (TPSA) is 77.0 Å². The van der Waals surface area contributed by atoms with Crippen molar-refractivity contribution in [2.24, 2.45) is 5.16 Å². The number of aryl methyl sites for hydroxylation is 1. The minimum Gasteiger partial charge on any atom is -0.461 e. The van der Waals surface area contributed by atoms with Gasteiger partial charge in [-0.05, 0) is 68.0 Å². The van der Waals surface area contributed by atoms with Crippen molar-refractivity contribution in [2.45, 2.75) is 62.4 Å². The van der Waals surface area contributed by atoms with Crippen LogP contribution < -0.4 is 5.32 Å². The number of rotatable bonds is 6. The number of nitrogens with one attached hydrogen (secondary N) is 1. The lowest BCUT2D eigenvalue weighted by atomic mass is 9.86. The molecule has 1 atom stereocenters. The van der Waals surface area contributed by atoms with Crippen molar-refractivity contribution in [3.8, 4) is 0 Å². The van der Waals surface area contributed by atoms with Crippen LogP contribution in [-0.4, -0.2) is 35.4 Å². The number of nitrogens with zero attached hydrogens (tertiary/aromatic N) is 1. The molecule has 196 valence electrons. The van der Waals surface area contributed by atoms with Crippen LogP contribution in [0.2, 0.25) is 10.0 Å². The normalized spacial score (nSPS) is 22.2. The lowest BCUT2D eigenvalue weighted by Crippen LogP contribution is -2.44. The molecular weight excluding hydrogens is 539 g/mol. The number of halogens is 6. The minimum atomic E-state index is -4.94. The molecule has 2 saturated carbocycles. The van der Waals surface area contributed by atoms with E-state index in [-0.39, 0.29) is 17.4 Å². The number of hydrogen-bond acceptors (Lipinski definition) is 5. The first-order valence-corrected chi connectivity index (χ1v) is 12.2. The van der Waals surface area contributed by atoms with Crippen molar-refractivity contribution >= 4 is 40.8 Å². The van der Waals surface area contributed by atoms with Crippen molar-refractivity contribution in [3.05, 3.63) is 68.4 Å². The van der Waals surface area contributed by atoms with Crippen molar-refractivity contribution in [2.75, 3.05) is 0 Å². The Morgan fingerprint density at radius 1 is 1.14 bits per heavy atom. The molecule has 1 N–H and O–H groups in total. The minimum absolute atomic E-state index is 0.0318. The molecule has 37 heavy (non-hydrogen) atoms. The molecule has 0 aromatic heterocycles. The lowest BCUT2D eigenvalue weighted by Gasteiger charge is -2.29. The molecule has 0 spiro atoms. The van der Waals surface area contributed by atoms with Crippen LogP contribution in [0.5, 0.6) is 0 Å². The van der Waals surface area contributed by atoms with E-state index >= 15 is 0 Å². The van der Waals surface area contributed by atoms with Crippen molar-refractivity contribution in [3.63, 3.8) is 0 Å². The van der Waals surface area contributed by atoms with Crippen LogP contribution in [0.15, 0.2) is 35.5 Å². The van der Waals surface area contributed by atoms with Crippen LogP contribution in [0.1, 0.15) is 59.2 Å². The maximum absolute atomic E-state index is 14.2. The molecule has 2 aliphatic carbocycles. The predicted molar refractivity (Wildman–Crippen MR) is 126 cm³/mol. The first-order valence-electron chi connectivity index (χ1n) is 11.5. The molecule has 1 amide bonds. The number of carbonyl (C=O) groups excluding carboxylic acids is 2. The molecule has 12 heteroatoms. The van der Waals surface area contributed by atoms with Gasteiger partial charge in [-0.25, -0.2) is 9.18 Å². The maximum atomic E-state index is 14.2. The SMILES string of the molecule is Cc1cc(C2=NOC(c3cc(Cl)c(F)c(Cl)c3)(C(F)(F)F)C2)ccc1C(=O)NC1(C(=O)OC2CC2)CC1. The molecule has 2 aromatic carbocycles. The van der Waals surface area contributed by atoms with Crippen LogP contribution >= 0.6 is 23.2 Å². The van der Waals surface area contributed by atoms with E-state index in [9.17, 15) is 27.2 Å². The number of amides is 1. The number of oxime groups is 1. The Kier molecular flexibility index (Phi) is 6.18. The molecule has 5 rings (SSSR count). The third-order valence-electron chi connectivity index (χ3n) is 6.73. The predicted octanol–water partition coefficient (Wildman–Crippen LogP) is 5.99. The Morgan fingerprint density at radius 2 is 1.78 bits per heavy atom. The quantitative estimate of drug-likeness (QED) is 0.268. The summed E-state index contributed by atoms with van der Waals surface area (Å²) in [4.78, 5) is 30.2. The van der Waals surface area contributed by atoms with E-state index in [1.54, 1.807) is 6.92 Å². The summed E-state index contributed by atoms with van der Waals surface area (Å²) in [6, 6.07) is 6.04. The van der Waals surface area contributed by atoms with Gasteiger partial charge in [-0.3, -0.25) is 4.79 Å². The fourth-order valence-corrected chi connectivity index (χ4v) is 4.67. The maximum Gasteiger partial charge on any atom is 0.435 e. The Labute approximate surface area is 218 Å². The molecule has 2 aromatic rings. The number of carbonyl (C=O) groups is 2. The van der Waals surface area contributed by atoms with Gasteiger partial charge in [0.2, 0.25) is 0 Å². The third-order valence-corrected chi connectivity index (χ3v) is 7.28. The zero-order valence-corrected chi connectivity index (χ0v) is 20.9. The number of alkyl halides is 3. The molecule has 0 bridgehead atoms. The van der Waals surface area contributed by atoms with E-state index in [1.807, 2.05) is 0 Å². The van der Waals surface area contributed by atoms with Gasteiger partial charge in [0, 0.05) is 17.5 Å². The van der Waals surface area contributed by atoms with E-state index in [1.165, 1.54) is 18.2 Å². The number of benzene rings is 2. The molecule has 0 saturated heterocycles. The van der Waals surface area contributed by atoms with Gasteiger partial charge in [0.1, 0.15) is 11.6 Å². The van der Waals surface area contributed by atoms with Gasteiger partial charge in [0.25, 0.3) is 11.5 Å². The highest BCUT2D eigenvalue weighted by Gasteiger charge is 2.62. The lowest BCUT2D eigenvalue weighted by molar-refractivity contribution is -0.275. The second kappa shape index (κ2) is 8.87. The standard InChI is InChI=1S/C25H20Cl2F4N2O4/c1-12-8-13(2-5-16(12)21(34)32-23(6-7-23)22(35)36-15-3-4-15)19-11-24(37-33-19,25(29,30)31)14-9-17(26)20(28)18(27)10-14/h2,5,8-10,15H,3-4,6-7,11H2,1H3,(H,32,34). The smallest absolute Gasteiger partial charge is 0.435 e. The molecular formula is C25H20Cl2F4N2O4. The fourth-order valence-electron chi connectivity index (χ4n) is 4.19. The summed E-state index contributed by atoms with van der Waals surface area (Å²) in [5.41, 5.74) is -3.46. The number of esters is 1. The second-order valence-corrected chi connectivity index (χ2v) is 10.4. The summed E-state index contributed by atoms with van der Waals surface area (Å²) >= 11 is 11.5. The monoisotopic (exact) mass is 558 g/mol. The van der Waals surface area contributed by atoms with E-state index in [4.69, 9.17) is 32.8 Å². The largest absolute Gasteiger partial charge is 0.461 e. The first kappa shape index (κ1) is 25.8. The van der Waals surface area contributed by atoms with Gasteiger partial charge in [0.05, 0.1) is 15.8 Å². The van der Waals surface area contributed by atoms with Crippen LogP contribution in [-0.2, 0) is 20.0 Å². The summed E-state index contributed by atoms with van der Waals surface area (Å²) in [5, 5.41) is 5.26. The Hall–Kier alpha value is -2.85. The van der Waals surface area contributed by atoms with Gasteiger partial charge in [0.15, 0.2) is 5.82 Å². The van der Waals surface area contributed by atoms with E-state index in [0.717, 1.165) is 25.0 Å². The molecule has 1 aliphatic heterocycles. The number of ether oxygens (including phenoxy) is 1. The Balaban J connectivity index is 1.36.